The van der Waals surface area contributed by atoms with E-state index in [0.717, 1.165) is 101 Å². The molecule has 0 saturated carbocycles. The number of nitrogens with zero attached hydrogens (tertiary/aromatic N) is 9. The molecule has 0 N–H and O–H groups in total. The van der Waals surface area contributed by atoms with E-state index in [4.69, 9.17) is 48.4 Å². The van der Waals surface area contributed by atoms with Crippen molar-refractivity contribution in [1.82, 2.24) is 13.7 Å². The Bertz CT molecular complexity index is 5530. The molecule has 0 atom stereocenters. The number of carbonyl (C=O) groups excluding carboxylic acids is 3. The molecule has 0 bridgehead atoms. The van der Waals surface area contributed by atoms with E-state index in [1.165, 1.54) is 92.6 Å². The van der Waals surface area contributed by atoms with Gasteiger partial charge in [0.05, 0.1) is 65.9 Å². The van der Waals surface area contributed by atoms with Crippen LogP contribution in [0.4, 0.5) is 90.7 Å². The minimum absolute atomic E-state index is 0.00965. The number of amides is 3. The maximum atomic E-state index is 19.5. The fourth-order valence-electron chi connectivity index (χ4n) is 18.8. The highest BCUT2D eigenvalue weighted by atomic mass is 35.5. The first-order valence-corrected chi connectivity index (χ1v) is 41.7. The van der Waals surface area contributed by atoms with Crippen LogP contribution in [0.15, 0.2) is 124 Å². The van der Waals surface area contributed by atoms with E-state index in [9.17, 15) is 0 Å². The minimum Gasteiger partial charge on any atom is -0.322 e. The second kappa shape index (κ2) is 30.9. The third-order valence-electron chi connectivity index (χ3n) is 23.6. The predicted octanol–water partition coefficient (Wildman–Crippen LogP) is 23.3. The average Bonchev–Trinajstić information content (AvgIpc) is 0.686. The summed E-state index contributed by atoms with van der Waals surface area (Å²) in [7, 11) is -6.42. The summed E-state index contributed by atoms with van der Waals surface area (Å²) in [5, 5.41) is -1.29. The standard InChI is InChI=1S/C90H96Cl3F9N9O10P/c1-46-64(28-25-58(94)76(46)100)103-43-106(79(115)52-37-61(97)55(91)40-70(52)103)67-31-34-73(112)109(49(67)4)88(82(7,8)9,83(10,11)12)119-122(118,120-89(84(13,14)15,85(16,17)18)110-50(5)68(32-35-74(110)113)107-44-104(65-29-26-59(95)77(101)47(65)2)71-41-56(92)62(98)38-53(71)80(107)116)121-90(86(19,20)21,87(22,23)24)111-51(6)69(33-36-75(111)114)108-45-105(66-30-27-60(96)78(102)48(66)3)72-42-57(93)63(99)39-54(72)81(108)117/h25-42H,43-45H2,1-24H3. The molecule has 3 aromatic heterocycles. The van der Waals surface area contributed by atoms with Gasteiger partial charge in [-0.25, -0.2) is 44.1 Å². The Morgan fingerprint density at radius 1 is 0.287 bits per heavy atom. The van der Waals surface area contributed by atoms with Gasteiger partial charge in [-0.05, 0) is 133 Å². The topological polar surface area (TPSA) is 181 Å². The SMILES string of the molecule is Cc1c(N2CN(c3ccc(=O)n(C(OP(=O)(OC(n4c(C)c(N5CN(c6ccc(F)c(F)c6C)c6cc(Cl)c(F)cc6C5=O)ccc4=O)(C(C)(C)C)C(C)(C)C)OC(n4c(C)c(N5CN(c6ccc(F)c(F)c6C)c6cc(Cl)c(F)cc6C5=O)ccc4=O)(C(C)(C)C)C(C)(C)C)(C(C)(C)C)C(C)(C)C)c3C)C(=O)c3cc(F)c(Cl)cc32)ccc(F)c1F. The van der Waals surface area contributed by atoms with Crippen molar-refractivity contribution in [2.75, 3.05) is 49.4 Å². The van der Waals surface area contributed by atoms with Gasteiger partial charge in [-0.2, -0.15) is 0 Å². The highest BCUT2D eigenvalue weighted by Gasteiger charge is 2.69. The number of hydrogen-bond donors (Lipinski definition) is 0. The lowest BCUT2D eigenvalue weighted by Gasteiger charge is -2.60. The van der Waals surface area contributed by atoms with Gasteiger partial charge in [0.1, 0.15) is 37.5 Å². The Balaban J connectivity index is 1.18. The summed E-state index contributed by atoms with van der Waals surface area (Å²) < 4.78 is 188. The molecule has 0 spiro atoms. The molecule has 9 aromatic rings. The number of phosphoric acid groups is 1. The van der Waals surface area contributed by atoms with Gasteiger partial charge in [0.25, 0.3) is 34.4 Å². The van der Waals surface area contributed by atoms with Crippen LogP contribution < -0.4 is 46.1 Å². The van der Waals surface area contributed by atoms with Gasteiger partial charge in [-0.15, -0.1) is 0 Å². The van der Waals surface area contributed by atoms with Gasteiger partial charge in [-0.3, -0.25) is 70.7 Å². The number of pyridine rings is 3. The molecule has 0 saturated heterocycles. The number of aromatic nitrogens is 3. The van der Waals surface area contributed by atoms with Crippen molar-refractivity contribution in [3.05, 3.63) is 258 Å². The minimum atomic E-state index is -6.42. The lowest BCUT2D eigenvalue weighted by Crippen LogP contribution is -2.64. The van der Waals surface area contributed by atoms with Crippen LogP contribution in [0.1, 0.15) is 189 Å². The summed E-state index contributed by atoms with van der Waals surface area (Å²) in [6, 6.07) is 19.6. The van der Waals surface area contributed by atoms with E-state index in [0.29, 0.717) is 0 Å². The lowest BCUT2D eigenvalue weighted by atomic mass is 9.67. The summed E-state index contributed by atoms with van der Waals surface area (Å²) in [6.45, 7) is 36.0. The van der Waals surface area contributed by atoms with E-state index < -0.39 is 179 Å². The van der Waals surface area contributed by atoms with Crippen molar-refractivity contribution in [3.63, 3.8) is 0 Å². The zero-order valence-electron chi connectivity index (χ0n) is 72.1. The Morgan fingerprint density at radius 2 is 0.492 bits per heavy atom. The van der Waals surface area contributed by atoms with Gasteiger partial charge in [0, 0.05) is 102 Å². The molecule has 32 heteroatoms. The van der Waals surface area contributed by atoms with Crippen molar-refractivity contribution in [1.29, 1.82) is 0 Å². The molecular weight excluding hydrogens is 1680 g/mol. The maximum Gasteiger partial charge on any atom is 0.481 e. The van der Waals surface area contributed by atoms with Crippen molar-refractivity contribution in [2.24, 2.45) is 32.5 Å². The van der Waals surface area contributed by atoms with Crippen molar-refractivity contribution < 1.29 is 72.0 Å². The van der Waals surface area contributed by atoms with Crippen LogP contribution in [-0.4, -0.2) is 51.4 Å². The van der Waals surface area contributed by atoms with Crippen LogP contribution in [0.5, 0.6) is 0 Å². The smallest absolute Gasteiger partial charge is 0.322 e. The molecule has 0 radical (unpaired) electrons. The molecule has 122 heavy (non-hydrogen) atoms. The largest absolute Gasteiger partial charge is 0.481 e. The molecular formula is C90H96Cl3F9N9O10P. The normalized spacial score (nSPS) is 15.0. The summed E-state index contributed by atoms with van der Waals surface area (Å²) >= 11 is 19.3. The third-order valence-corrected chi connectivity index (χ3v) is 26.0. The number of halogens is 12. The molecule has 650 valence electrons. The van der Waals surface area contributed by atoms with Gasteiger partial charge in [-0.1, -0.05) is 159 Å². The van der Waals surface area contributed by atoms with E-state index in [1.54, 1.807) is 125 Å². The van der Waals surface area contributed by atoms with Crippen LogP contribution in [0.3, 0.4) is 0 Å². The predicted molar refractivity (Wildman–Crippen MR) is 457 cm³/mol. The van der Waals surface area contributed by atoms with E-state index in [1.807, 2.05) is 0 Å². The van der Waals surface area contributed by atoms with Crippen molar-refractivity contribution in [2.45, 2.75) is 183 Å². The Hall–Kier alpha value is -9.67. The lowest BCUT2D eigenvalue weighted by molar-refractivity contribution is -0.263. The van der Waals surface area contributed by atoms with Gasteiger partial charge >= 0.3 is 7.82 Å². The second-order valence-electron chi connectivity index (χ2n) is 37.4. The number of hydrogen-bond acceptors (Lipinski definition) is 13. The molecule has 12 rings (SSSR count). The molecule has 3 amide bonds. The number of fused-ring (bicyclic) bond motifs is 3. The summed E-state index contributed by atoms with van der Waals surface area (Å²) in [4.78, 5) is 103. The van der Waals surface area contributed by atoms with Crippen molar-refractivity contribution >= 4 is 112 Å². The zero-order chi connectivity index (χ0) is 91.0. The summed E-state index contributed by atoms with van der Waals surface area (Å²) in [6.07, 6.45) is 0. The first-order chi connectivity index (χ1) is 56.1. The molecule has 0 fully saturated rings. The fourth-order valence-corrected chi connectivity index (χ4v) is 22.3. The summed E-state index contributed by atoms with van der Waals surface area (Å²) in [5.41, 5.74) is -23.0. The molecule has 6 heterocycles. The third kappa shape index (κ3) is 14.4. The number of carbonyl (C=O) groups is 3. The van der Waals surface area contributed by atoms with Crippen LogP contribution in [-0.2, 0) is 35.3 Å². The molecule has 0 unspecified atom stereocenters. The highest BCUT2D eigenvalue weighted by Crippen LogP contribution is 2.73. The molecule has 3 aliphatic heterocycles. The number of phosphoric ester groups is 1. The van der Waals surface area contributed by atoms with E-state index in [-0.39, 0.29) is 102 Å². The molecule has 6 aromatic carbocycles. The Labute approximate surface area is 716 Å². The quantitative estimate of drug-likeness (QED) is 0.0699. The van der Waals surface area contributed by atoms with Crippen LogP contribution >= 0.6 is 42.6 Å². The first-order valence-electron chi connectivity index (χ1n) is 39.1. The number of benzene rings is 6. The second-order valence-corrected chi connectivity index (χ2v) is 40.0. The monoisotopic (exact) mass is 1770 g/mol. The Morgan fingerprint density at radius 3 is 0.697 bits per heavy atom. The van der Waals surface area contributed by atoms with Gasteiger partial charge in [0.15, 0.2) is 52.1 Å². The zero-order valence-corrected chi connectivity index (χ0v) is 75.3. The number of rotatable bonds is 15. The highest BCUT2D eigenvalue weighted by molar-refractivity contribution is 7.48. The summed E-state index contributed by atoms with van der Waals surface area (Å²) in [5.74, 6) is -13.1. The van der Waals surface area contributed by atoms with Gasteiger partial charge < -0.3 is 14.7 Å². The van der Waals surface area contributed by atoms with Crippen LogP contribution in [0.25, 0.3) is 0 Å². The maximum absolute atomic E-state index is 19.5. The first kappa shape index (κ1) is 91.5. The molecule has 0 aliphatic carbocycles. The van der Waals surface area contributed by atoms with Crippen molar-refractivity contribution in [3.8, 4) is 0 Å². The number of anilines is 9. The van der Waals surface area contributed by atoms with E-state index in [2.05, 4.69) is 0 Å². The van der Waals surface area contributed by atoms with E-state index >= 15 is 72.8 Å². The average molecular weight is 1770 g/mol. The fraction of sp³-hybridized carbons (Fsp3) is 0.400. The molecule has 19 nitrogen and oxygen atoms in total. The molecule has 3 aliphatic rings. The van der Waals surface area contributed by atoms with Crippen LogP contribution in [0.2, 0.25) is 15.1 Å². The Kier molecular flexibility index (Phi) is 23.2. The van der Waals surface area contributed by atoms with Crippen LogP contribution in [0, 0.1) is 126 Å². The van der Waals surface area contributed by atoms with Gasteiger partial charge in [0.2, 0.25) is 0 Å².